The van der Waals surface area contributed by atoms with Crippen LogP contribution in [0.5, 0.6) is 0 Å². The molecule has 13 unspecified atom stereocenters. The van der Waals surface area contributed by atoms with Crippen molar-refractivity contribution in [2.45, 2.75) is 236 Å². The Morgan fingerprint density at radius 2 is 0.889 bits per heavy atom. The number of phosphoric acid groups is 1. The van der Waals surface area contributed by atoms with E-state index in [0.29, 0.717) is 12.8 Å². The van der Waals surface area contributed by atoms with Crippen molar-refractivity contribution in [3.05, 3.63) is 0 Å². The number of aliphatic hydroxyl groups is 5. The molecule has 0 amide bonds. The summed E-state index contributed by atoms with van der Waals surface area (Å²) in [6.07, 6.45) is 19.1. The van der Waals surface area contributed by atoms with Crippen LogP contribution in [-0.2, 0) is 32.7 Å². The Balaban J connectivity index is 0.939. The van der Waals surface area contributed by atoms with E-state index in [4.69, 9.17) is 18.5 Å². The number of carbonyl (C=O) groups excluding carboxylic acids is 2. The van der Waals surface area contributed by atoms with Gasteiger partial charge in [-0.25, -0.2) is 4.57 Å². The lowest BCUT2D eigenvalue weighted by molar-refractivity contribution is -0.220. The zero-order valence-electron chi connectivity index (χ0n) is 38.9. The average molecular weight is 915 g/mol. The Kier molecular flexibility index (Phi) is 22.6. The smallest absolute Gasteiger partial charge is 0.462 e. The highest BCUT2D eigenvalue weighted by Gasteiger charge is 2.52. The molecule has 5 aliphatic rings. The third-order valence-corrected chi connectivity index (χ3v) is 16.2. The number of esters is 2. The number of carbonyl (C=O) groups is 2. The van der Waals surface area contributed by atoms with Crippen LogP contribution in [0.25, 0.3) is 0 Å². The van der Waals surface area contributed by atoms with Crippen LogP contribution in [0.3, 0.4) is 0 Å². The number of aliphatic hydroxyl groups excluding tert-OH is 5. The predicted molar refractivity (Wildman–Crippen MR) is 240 cm³/mol. The summed E-state index contributed by atoms with van der Waals surface area (Å²) in [5, 5.41) is 50.3. The fourth-order valence-electron chi connectivity index (χ4n) is 10.6. The first-order valence-corrected chi connectivity index (χ1v) is 27.2. The van der Waals surface area contributed by atoms with E-state index in [1.807, 2.05) is 0 Å². The lowest BCUT2D eigenvalue weighted by Gasteiger charge is -2.41. The first-order valence-electron chi connectivity index (χ1n) is 25.7. The van der Waals surface area contributed by atoms with E-state index in [-0.39, 0.29) is 12.8 Å². The minimum atomic E-state index is -5.11. The van der Waals surface area contributed by atoms with Crippen LogP contribution in [0.4, 0.5) is 0 Å². The molecule has 0 saturated heterocycles. The summed E-state index contributed by atoms with van der Waals surface area (Å²) in [7, 11) is -5.11. The highest BCUT2D eigenvalue weighted by Crippen LogP contribution is 2.56. The third-order valence-electron chi connectivity index (χ3n) is 15.2. The van der Waals surface area contributed by atoms with Crippen LogP contribution in [0.2, 0.25) is 0 Å². The van der Waals surface area contributed by atoms with E-state index in [1.165, 1.54) is 116 Å². The maximum Gasteiger partial charge on any atom is 0.472 e. The maximum atomic E-state index is 12.9. The summed E-state index contributed by atoms with van der Waals surface area (Å²) in [5.41, 5.74) is 0. The molecule has 0 spiro atoms. The molecule has 0 bridgehead atoms. The molecule has 366 valence electrons. The normalized spacial score (nSPS) is 34.5. The van der Waals surface area contributed by atoms with Gasteiger partial charge in [0.1, 0.15) is 43.2 Å². The Labute approximate surface area is 378 Å². The number of unbranched alkanes of at least 4 members (excludes halogenated alkanes) is 12. The second-order valence-corrected chi connectivity index (χ2v) is 22.1. The molecule has 5 aliphatic carbocycles. The van der Waals surface area contributed by atoms with Crippen molar-refractivity contribution in [3.63, 3.8) is 0 Å². The van der Waals surface area contributed by atoms with Gasteiger partial charge in [0.2, 0.25) is 0 Å². The van der Waals surface area contributed by atoms with Gasteiger partial charge < -0.3 is 39.9 Å². The van der Waals surface area contributed by atoms with E-state index in [9.17, 15) is 44.6 Å². The molecule has 13 nitrogen and oxygen atoms in total. The van der Waals surface area contributed by atoms with Crippen LogP contribution < -0.4 is 0 Å². The number of hydrogen-bond donors (Lipinski definition) is 6. The highest BCUT2D eigenvalue weighted by atomic mass is 31.2. The lowest BCUT2D eigenvalue weighted by Crippen LogP contribution is -2.64. The molecule has 5 rings (SSSR count). The standard InChI is InChI=1S/C49H87O13P/c1-3-5-13-19-33-25-37(33)29-39-27-35(39)21-15-9-7-11-17-23-42(50)59-31-41(32-60-63(57,58)62-49-47(55)45(53)44(52)46(54)48(49)56)61-43(51)24-18-12-8-10-16-22-36-28-40(36)30-38-26-34(38)20-14-6-4-2/h33-41,44-49,52-56H,3-32H2,1-2H3,(H,57,58)/t33?,34?,35?,36?,37?,38?,39?,40?,41-,44?,45?,46?,47?,48?,49?/m1/s1. The first kappa shape index (κ1) is 52.8. The Morgan fingerprint density at radius 1 is 0.508 bits per heavy atom. The SMILES string of the molecule is CCCCCC1CC1CC1CC1CCCCCCCC(=O)OC[C@H](COP(=O)(O)OC1C(O)C(O)C(O)C(O)C1O)OC(=O)CCCCCCCC1CC1CC1CC1CCCCC. The van der Waals surface area contributed by atoms with Gasteiger partial charge in [-0.15, -0.1) is 0 Å². The topological polar surface area (TPSA) is 210 Å². The van der Waals surface area contributed by atoms with Crippen molar-refractivity contribution in [2.24, 2.45) is 47.3 Å². The van der Waals surface area contributed by atoms with Crippen LogP contribution in [-0.4, -0.2) is 98.3 Å². The molecule has 0 heterocycles. The molecule has 0 aliphatic heterocycles. The van der Waals surface area contributed by atoms with Crippen LogP contribution in [0.1, 0.15) is 194 Å². The van der Waals surface area contributed by atoms with Gasteiger partial charge in [-0.05, 0) is 98.7 Å². The number of hydrogen-bond acceptors (Lipinski definition) is 12. The summed E-state index contributed by atoms with van der Waals surface area (Å²) >= 11 is 0. The summed E-state index contributed by atoms with van der Waals surface area (Å²) < 4.78 is 33.8. The monoisotopic (exact) mass is 915 g/mol. The van der Waals surface area contributed by atoms with Gasteiger partial charge in [-0.1, -0.05) is 129 Å². The van der Waals surface area contributed by atoms with Gasteiger partial charge in [0.05, 0.1) is 6.61 Å². The van der Waals surface area contributed by atoms with Gasteiger partial charge in [-0.3, -0.25) is 18.6 Å². The number of phosphoric ester groups is 1. The lowest BCUT2D eigenvalue weighted by atomic mass is 9.85. The molecule has 0 aromatic carbocycles. The molecule has 14 heteroatoms. The third kappa shape index (κ3) is 19.2. The molecule has 0 radical (unpaired) electrons. The molecular weight excluding hydrogens is 827 g/mol. The summed E-state index contributed by atoms with van der Waals surface area (Å²) in [6, 6.07) is 0. The molecule has 14 atom stereocenters. The minimum absolute atomic E-state index is 0.114. The molecule has 63 heavy (non-hydrogen) atoms. The van der Waals surface area contributed by atoms with E-state index in [1.54, 1.807) is 0 Å². The van der Waals surface area contributed by atoms with Crippen molar-refractivity contribution in [1.29, 1.82) is 0 Å². The quantitative estimate of drug-likeness (QED) is 0.0198. The zero-order chi connectivity index (χ0) is 45.4. The van der Waals surface area contributed by atoms with E-state index < -0.39 is 75.7 Å². The summed E-state index contributed by atoms with van der Waals surface area (Å²) in [4.78, 5) is 36.0. The average Bonchev–Trinajstić information content (AvgIpc) is 4.09. The van der Waals surface area contributed by atoms with E-state index >= 15 is 0 Å². The molecule has 6 N–H and O–H groups in total. The van der Waals surface area contributed by atoms with Crippen LogP contribution >= 0.6 is 7.82 Å². The fourth-order valence-corrected chi connectivity index (χ4v) is 11.6. The van der Waals surface area contributed by atoms with Crippen LogP contribution in [0.15, 0.2) is 0 Å². The number of ether oxygens (including phenoxy) is 2. The van der Waals surface area contributed by atoms with Gasteiger partial charge >= 0.3 is 19.8 Å². The molecular formula is C49H87O13P. The second-order valence-electron chi connectivity index (χ2n) is 20.7. The van der Waals surface area contributed by atoms with Crippen molar-refractivity contribution in [3.8, 4) is 0 Å². The summed E-state index contributed by atoms with van der Waals surface area (Å²) in [6.45, 7) is 3.40. The Bertz CT molecular complexity index is 1370. The Hall–Kier alpha value is -1.15. The van der Waals surface area contributed by atoms with Crippen molar-refractivity contribution < 1.29 is 63.1 Å². The molecule has 5 fully saturated rings. The largest absolute Gasteiger partial charge is 0.472 e. The minimum Gasteiger partial charge on any atom is -0.462 e. The van der Waals surface area contributed by atoms with Gasteiger partial charge in [0.25, 0.3) is 0 Å². The molecule has 5 saturated carbocycles. The van der Waals surface area contributed by atoms with E-state index in [0.717, 1.165) is 85.9 Å². The summed E-state index contributed by atoms with van der Waals surface area (Å²) in [5.74, 6) is 6.62. The van der Waals surface area contributed by atoms with Gasteiger partial charge in [-0.2, -0.15) is 0 Å². The predicted octanol–water partition coefficient (Wildman–Crippen LogP) is 8.71. The van der Waals surface area contributed by atoms with Gasteiger partial charge in [0, 0.05) is 12.8 Å². The van der Waals surface area contributed by atoms with Crippen molar-refractivity contribution in [2.75, 3.05) is 13.2 Å². The maximum absolute atomic E-state index is 12.9. The van der Waals surface area contributed by atoms with E-state index in [2.05, 4.69) is 13.8 Å². The Morgan fingerprint density at radius 3 is 1.33 bits per heavy atom. The molecule has 0 aromatic rings. The fraction of sp³-hybridized carbons (Fsp3) is 0.959. The zero-order valence-corrected chi connectivity index (χ0v) is 39.8. The number of rotatable bonds is 36. The van der Waals surface area contributed by atoms with Crippen molar-refractivity contribution in [1.82, 2.24) is 0 Å². The van der Waals surface area contributed by atoms with Gasteiger partial charge in [0.15, 0.2) is 6.10 Å². The first-order chi connectivity index (χ1) is 30.3. The van der Waals surface area contributed by atoms with Crippen molar-refractivity contribution >= 4 is 19.8 Å². The van der Waals surface area contributed by atoms with Crippen LogP contribution in [0, 0.1) is 47.3 Å². The molecule has 0 aromatic heterocycles. The second kappa shape index (κ2) is 27.0. The highest BCUT2D eigenvalue weighted by molar-refractivity contribution is 7.47.